The third kappa shape index (κ3) is 4.58. The summed E-state index contributed by atoms with van der Waals surface area (Å²) in [6.45, 7) is 9.81. The number of carbonyl (C=O) groups excluding carboxylic acids is 1. The molecule has 0 radical (unpaired) electrons. The molecule has 0 unspecified atom stereocenters. The van der Waals surface area contributed by atoms with E-state index in [0.717, 1.165) is 11.0 Å². The summed E-state index contributed by atoms with van der Waals surface area (Å²) in [6, 6.07) is 0. The summed E-state index contributed by atoms with van der Waals surface area (Å²) in [6.07, 6.45) is 5.38. The van der Waals surface area contributed by atoms with Crippen molar-refractivity contribution in [2.75, 3.05) is 25.5 Å². The summed E-state index contributed by atoms with van der Waals surface area (Å²) in [5, 5.41) is 2.81. The van der Waals surface area contributed by atoms with Crippen LogP contribution in [0.15, 0.2) is 17.9 Å². The van der Waals surface area contributed by atoms with E-state index in [1.165, 1.54) is 6.92 Å². The van der Waals surface area contributed by atoms with Crippen molar-refractivity contribution >= 4 is 25.0 Å². The molecule has 1 amide bonds. The van der Waals surface area contributed by atoms with E-state index in [1.54, 1.807) is 12.4 Å². The molecule has 1 fully saturated rings. The lowest BCUT2D eigenvalue weighted by Crippen LogP contribution is -2.41. The number of rotatable bonds is 5. The van der Waals surface area contributed by atoms with Crippen LogP contribution in [-0.4, -0.2) is 54.8 Å². The first-order chi connectivity index (χ1) is 11.5. The third-order valence-electron chi connectivity index (χ3n) is 4.51. The lowest BCUT2D eigenvalue weighted by molar-refractivity contribution is -0.118. The molecule has 1 aliphatic heterocycles. The molecule has 0 atom stereocenters. The molecule has 25 heavy (non-hydrogen) atoms. The van der Waals surface area contributed by atoms with Crippen LogP contribution in [0.2, 0.25) is 0 Å². The summed E-state index contributed by atoms with van der Waals surface area (Å²) < 4.78 is 12.2. The van der Waals surface area contributed by atoms with Gasteiger partial charge in [0.05, 0.1) is 11.2 Å². The zero-order valence-corrected chi connectivity index (χ0v) is 16.1. The molecule has 2 rings (SSSR count). The van der Waals surface area contributed by atoms with Crippen molar-refractivity contribution in [2.45, 2.75) is 45.8 Å². The molecule has 8 heteroatoms. The average molecular weight is 346 g/mol. The second-order valence-electron chi connectivity index (χ2n) is 7.43. The van der Waals surface area contributed by atoms with Crippen molar-refractivity contribution in [3.63, 3.8) is 0 Å². The largest absolute Gasteiger partial charge is 0.492 e. The van der Waals surface area contributed by atoms with Crippen molar-refractivity contribution in [1.82, 2.24) is 15.3 Å². The molecule has 136 valence electrons. The monoisotopic (exact) mass is 346 g/mol. The van der Waals surface area contributed by atoms with E-state index in [-0.39, 0.29) is 5.91 Å². The molecule has 0 bridgehead atoms. The Kier molecular flexibility index (Phi) is 5.54. The number of hydrogen-bond acceptors (Lipinski definition) is 6. The Labute approximate surface area is 150 Å². The first-order valence-electron chi connectivity index (χ1n) is 8.32. The van der Waals surface area contributed by atoms with Gasteiger partial charge in [-0.25, -0.2) is 9.97 Å². The number of carbonyl (C=O) groups is 1. The van der Waals surface area contributed by atoms with Gasteiger partial charge in [0.25, 0.3) is 0 Å². The summed E-state index contributed by atoms with van der Waals surface area (Å²) >= 11 is 0. The molecule has 7 nitrogen and oxygen atoms in total. The van der Waals surface area contributed by atoms with E-state index < -0.39 is 18.3 Å². The highest BCUT2D eigenvalue weighted by Gasteiger charge is 2.52. The van der Waals surface area contributed by atoms with Gasteiger partial charge in [0.2, 0.25) is 11.9 Å². The Balaban J connectivity index is 2.28. The Bertz CT molecular complexity index is 640. The van der Waals surface area contributed by atoms with Crippen LogP contribution in [0.3, 0.4) is 0 Å². The van der Waals surface area contributed by atoms with Crippen molar-refractivity contribution in [2.24, 2.45) is 0 Å². The van der Waals surface area contributed by atoms with Gasteiger partial charge in [0.15, 0.2) is 0 Å². The van der Waals surface area contributed by atoms with Crippen LogP contribution in [0.4, 0.5) is 5.95 Å². The average Bonchev–Trinajstić information content (AvgIpc) is 2.72. The minimum Gasteiger partial charge on any atom is -0.400 e. The third-order valence-corrected chi connectivity index (χ3v) is 4.51. The lowest BCUT2D eigenvalue weighted by atomic mass is 9.77. The van der Waals surface area contributed by atoms with Crippen molar-refractivity contribution in [1.29, 1.82) is 0 Å². The highest BCUT2D eigenvalue weighted by atomic mass is 16.7. The molecule has 2 heterocycles. The van der Waals surface area contributed by atoms with E-state index in [0.29, 0.717) is 12.5 Å². The second kappa shape index (κ2) is 7.13. The summed E-state index contributed by atoms with van der Waals surface area (Å²) in [4.78, 5) is 21.8. The van der Waals surface area contributed by atoms with E-state index >= 15 is 0 Å². The Morgan fingerprint density at radius 2 is 1.72 bits per heavy atom. The number of anilines is 1. The molecule has 0 spiro atoms. The van der Waals surface area contributed by atoms with Crippen LogP contribution in [0, 0.1) is 0 Å². The fourth-order valence-electron chi connectivity index (χ4n) is 2.27. The van der Waals surface area contributed by atoms with Crippen LogP contribution < -0.4 is 10.2 Å². The normalized spacial score (nSPS) is 19.0. The first-order valence-corrected chi connectivity index (χ1v) is 8.32. The molecule has 1 saturated heterocycles. The van der Waals surface area contributed by atoms with Gasteiger partial charge in [0.1, 0.15) is 0 Å². The molecule has 0 saturated carbocycles. The zero-order valence-electron chi connectivity index (χ0n) is 16.1. The van der Waals surface area contributed by atoms with Gasteiger partial charge in [-0.1, -0.05) is 6.08 Å². The van der Waals surface area contributed by atoms with Gasteiger partial charge in [-0.3, -0.25) is 4.79 Å². The molecule has 1 aliphatic rings. The summed E-state index contributed by atoms with van der Waals surface area (Å²) in [7, 11) is 3.24. The molecule has 0 aromatic carbocycles. The fraction of sp³-hybridized carbons (Fsp3) is 0.588. The minimum absolute atomic E-state index is 0.110. The smallest absolute Gasteiger partial charge is 0.400 e. The number of aromatic nitrogens is 2. The van der Waals surface area contributed by atoms with Crippen molar-refractivity contribution in [3.05, 3.63) is 23.4 Å². The predicted molar refractivity (Wildman–Crippen MR) is 99.1 cm³/mol. The SMILES string of the molecule is CC(=O)NCC(=Cc1cnc(N(C)C)nc1)B1OC(C)(C)C(C)(C)O1. The fourth-order valence-corrected chi connectivity index (χ4v) is 2.27. The van der Waals surface area contributed by atoms with E-state index in [1.807, 2.05) is 52.8 Å². The maximum Gasteiger partial charge on any atom is 0.492 e. The molecule has 1 aromatic rings. The van der Waals surface area contributed by atoms with E-state index in [9.17, 15) is 4.79 Å². The molecule has 1 aromatic heterocycles. The number of amides is 1. The van der Waals surface area contributed by atoms with Crippen molar-refractivity contribution < 1.29 is 14.1 Å². The quantitative estimate of drug-likeness (QED) is 0.818. The van der Waals surface area contributed by atoms with Gasteiger partial charge in [-0.15, -0.1) is 0 Å². The number of nitrogens with zero attached hydrogens (tertiary/aromatic N) is 3. The number of nitrogens with one attached hydrogen (secondary N) is 1. The molecule has 1 N–H and O–H groups in total. The van der Waals surface area contributed by atoms with Crippen LogP contribution in [-0.2, 0) is 14.1 Å². The Morgan fingerprint density at radius 1 is 1.20 bits per heavy atom. The summed E-state index contributed by atoms with van der Waals surface area (Å²) in [5.74, 6) is 0.526. The first kappa shape index (κ1) is 19.4. The minimum atomic E-state index is -0.537. The van der Waals surface area contributed by atoms with E-state index in [2.05, 4.69) is 15.3 Å². The lowest BCUT2D eigenvalue weighted by Gasteiger charge is -2.32. The van der Waals surface area contributed by atoms with Gasteiger partial charge in [-0.2, -0.15) is 0 Å². The topological polar surface area (TPSA) is 76.6 Å². The van der Waals surface area contributed by atoms with Gasteiger partial charge < -0.3 is 19.5 Å². The van der Waals surface area contributed by atoms with Gasteiger partial charge >= 0.3 is 7.12 Å². The Hall–Kier alpha value is -1.93. The maximum atomic E-state index is 11.3. The molecular formula is C17H27BN4O3. The highest BCUT2D eigenvalue weighted by Crippen LogP contribution is 2.38. The van der Waals surface area contributed by atoms with Crippen LogP contribution in [0.25, 0.3) is 6.08 Å². The second-order valence-corrected chi connectivity index (χ2v) is 7.43. The molecule has 0 aliphatic carbocycles. The van der Waals surface area contributed by atoms with Crippen LogP contribution in [0.5, 0.6) is 0 Å². The predicted octanol–water partition coefficient (Wildman–Crippen LogP) is 1.69. The van der Waals surface area contributed by atoms with Crippen LogP contribution in [0.1, 0.15) is 40.2 Å². The Morgan fingerprint density at radius 3 is 2.16 bits per heavy atom. The van der Waals surface area contributed by atoms with E-state index in [4.69, 9.17) is 9.31 Å². The standard InChI is InChI=1S/C17H27BN4O3/c1-12(23)19-11-14(18-24-16(2,3)17(4,5)25-18)8-13-9-20-15(21-10-13)22(6)7/h8-10H,11H2,1-7H3,(H,19,23). The van der Waals surface area contributed by atoms with Gasteiger partial charge in [-0.05, 0) is 33.2 Å². The molecular weight excluding hydrogens is 319 g/mol. The zero-order chi connectivity index (χ0) is 18.8. The number of hydrogen-bond donors (Lipinski definition) is 1. The summed E-state index contributed by atoms with van der Waals surface area (Å²) in [5.41, 5.74) is 0.743. The maximum absolute atomic E-state index is 11.3. The van der Waals surface area contributed by atoms with Crippen LogP contribution >= 0.6 is 0 Å². The highest BCUT2D eigenvalue weighted by molar-refractivity contribution is 6.56. The van der Waals surface area contributed by atoms with Crippen molar-refractivity contribution in [3.8, 4) is 0 Å². The van der Waals surface area contributed by atoms with Gasteiger partial charge in [0, 0.05) is 45.5 Å².